The fraction of sp³-hybridized carbons (Fsp3) is 0.350. The number of amides is 1. The van der Waals surface area contributed by atoms with E-state index in [0.717, 1.165) is 21.9 Å². The number of rotatable bonds is 7. The zero-order valence-corrected chi connectivity index (χ0v) is 15.6. The van der Waals surface area contributed by atoms with Crippen molar-refractivity contribution in [2.45, 2.75) is 38.5 Å². The zero-order chi connectivity index (χ0) is 17.5. The lowest BCUT2D eigenvalue weighted by Gasteiger charge is -2.16. The van der Waals surface area contributed by atoms with E-state index in [-0.39, 0.29) is 5.91 Å². The van der Waals surface area contributed by atoms with E-state index in [0.29, 0.717) is 18.3 Å². The summed E-state index contributed by atoms with van der Waals surface area (Å²) in [7, 11) is 0. The van der Waals surface area contributed by atoms with Gasteiger partial charge in [0.05, 0.1) is 12.4 Å². The van der Waals surface area contributed by atoms with Gasteiger partial charge in [-0.3, -0.25) is 4.79 Å². The van der Waals surface area contributed by atoms with Crippen LogP contribution in [-0.2, 0) is 4.79 Å². The van der Waals surface area contributed by atoms with Crippen molar-refractivity contribution in [1.82, 2.24) is 0 Å². The molecule has 0 heterocycles. The van der Waals surface area contributed by atoms with E-state index in [4.69, 9.17) is 4.74 Å². The second-order valence-corrected chi connectivity index (χ2v) is 6.98. The number of carbonyl (C=O) groups excluding carboxylic acids is 1. The minimum absolute atomic E-state index is 0.0186. The number of carbonyl (C=O) groups is 1. The van der Waals surface area contributed by atoms with Crippen molar-refractivity contribution in [3.8, 4) is 5.75 Å². The SMILES string of the molecule is CCOc1ccc(SCC(=O)Nc2c(C)cccc2C(C)C)cc1. The molecule has 0 aliphatic rings. The highest BCUT2D eigenvalue weighted by Gasteiger charge is 2.12. The molecule has 1 amide bonds. The van der Waals surface area contributed by atoms with Crippen LogP contribution in [0, 0.1) is 6.92 Å². The minimum atomic E-state index is 0.0186. The molecule has 24 heavy (non-hydrogen) atoms. The molecule has 0 bridgehead atoms. The summed E-state index contributed by atoms with van der Waals surface area (Å²) in [5.74, 6) is 1.64. The third kappa shape index (κ3) is 5.03. The number of aryl methyl sites for hydroxylation is 1. The molecule has 0 fully saturated rings. The number of nitrogens with one attached hydrogen (secondary N) is 1. The van der Waals surface area contributed by atoms with Gasteiger partial charge in [-0.2, -0.15) is 0 Å². The lowest BCUT2D eigenvalue weighted by Crippen LogP contribution is -2.16. The van der Waals surface area contributed by atoms with Crippen molar-refractivity contribution in [3.05, 3.63) is 53.6 Å². The van der Waals surface area contributed by atoms with Crippen molar-refractivity contribution in [1.29, 1.82) is 0 Å². The molecule has 0 atom stereocenters. The third-order valence-corrected chi connectivity index (χ3v) is 4.71. The summed E-state index contributed by atoms with van der Waals surface area (Å²) in [6, 6.07) is 14.0. The smallest absolute Gasteiger partial charge is 0.234 e. The van der Waals surface area contributed by atoms with Crippen molar-refractivity contribution in [3.63, 3.8) is 0 Å². The van der Waals surface area contributed by atoms with Gasteiger partial charge >= 0.3 is 0 Å². The molecular formula is C20H25NO2S. The molecule has 0 aromatic heterocycles. The monoisotopic (exact) mass is 343 g/mol. The van der Waals surface area contributed by atoms with E-state index in [1.165, 1.54) is 17.3 Å². The zero-order valence-electron chi connectivity index (χ0n) is 14.8. The molecule has 0 unspecified atom stereocenters. The average Bonchev–Trinajstić information content (AvgIpc) is 2.56. The number of anilines is 1. The largest absolute Gasteiger partial charge is 0.494 e. The topological polar surface area (TPSA) is 38.3 Å². The summed E-state index contributed by atoms with van der Waals surface area (Å²) in [5, 5.41) is 3.08. The predicted molar refractivity (Wildman–Crippen MR) is 102 cm³/mol. The van der Waals surface area contributed by atoms with Crippen LogP contribution in [0.15, 0.2) is 47.4 Å². The molecule has 0 saturated heterocycles. The van der Waals surface area contributed by atoms with E-state index in [2.05, 4.69) is 25.2 Å². The lowest BCUT2D eigenvalue weighted by atomic mass is 9.98. The second-order valence-electron chi connectivity index (χ2n) is 5.94. The number of hydrogen-bond acceptors (Lipinski definition) is 3. The summed E-state index contributed by atoms with van der Waals surface area (Å²) in [4.78, 5) is 13.4. The van der Waals surface area contributed by atoms with Crippen LogP contribution in [-0.4, -0.2) is 18.3 Å². The molecule has 0 radical (unpaired) electrons. The van der Waals surface area contributed by atoms with Crippen LogP contribution in [0.5, 0.6) is 5.75 Å². The molecule has 3 nitrogen and oxygen atoms in total. The number of hydrogen-bond donors (Lipinski definition) is 1. The third-order valence-electron chi connectivity index (χ3n) is 3.70. The van der Waals surface area contributed by atoms with Crippen LogP contribution in [0.3, 0.4) is 0 Å². The van der Waals surface area contributed by atoms with Gasteiger partial charge in [0.2, 0.25) is 5.91 Å². The maximum absolute atomic E-state index is 12.3. The molecule has 0 aliphatic carbocycles. The first-order valence-electron chi connectivity index (χ1n) is 8.26. The van der Waals surface area contributed by atoms with Crippen LogP contribution >= 0.6 is 11.8 Å². The van der Waals surface area contributed by atoms with Crippen LogP contribution < -0.4 is 10.1 Å². The molecular weight excluding hydrogens is 318 g/mol. The molecule has 128 valence electrons. The predicted octanol–water partition coefficient (Wildman–Crippen LogP) is 5.25. The highest BCUT2D eigenvalue weighted by molar-refractivity contribution is 8.00. The Balaban J connectivity index is 1.96. The van der Waals surface area contributed by atoms with Crippen molar-refractivity contribution in [2.24, 2.45) is 0 Å². The van der Waals surface area contributed by atoms with Crippen LogP contribution in [0.1, 0.15) is 37.8 Å². The normalized spacial score (nSPS) is 10.7. The van der Waals surface area contributed by atoms with Gasteiger partial charge in [0.25, 0.3) is 0 Å². The van der Waals surface area contributed by atoms with Crippen LogP contribution in [0.4, 0.5) is 5.69 Å². The van der Waals surface area contributed by atoms with Crippen molar-refractivity contribution in [2.75, 3.05) is 17.7 Å². The van der Waals surface area contributed by atoms with E-state index in [9.17, 15) is 4.79 Å². The molecule has 0 aliphatic heterocycles. The Labute approximate surface area is 148 Å². The Hall–Kier alpha value is -1.94. The average molecular weight is 343 g/mol. The summed E-state index contributed by atoms with van der Waals surface area (Å²) < 4.78 is 5.43. The number of ether oxygens (including phenoxy) is 1. The van der Waals surface area contributed by atoms with Gasteiger partial charge in [0.15, 0.2) is 0 Å². The van der Waals surface area contributed by atoms with Gasteiger partial charge in [-0.1, -0.05) is 32.0 Å². The summed E-state index contributed by atoms with van der Waals surface area (Å²) in [6.45, 7) is 8.92. The first-order chi connectivity index (χ1) is 11.5. The first kappa shape index (κ1) is 18.4. The second kappa shape index (κ2) is 8.78. The molecule has 2 aromatic rings. The van der Waals surface area contributed by atoms with E-state index in [1.54, 1.807) is 0 Å². The Morgan fingerprint density at radius 2 is 1.88 bits per heavy atom. The van der Waals surface area contributed by atoms with E-state index < -0.39 is 0 Å². The molecule has 1 N–H and O–H groups in total. The first-order valence-corrected chi connectivity index (χ1v) is 9.24. The van der Waals surface area contributed by atoms with Gasteiger partial charge < -0.3 is 10.1 Å². The number of thioether (sulfide) groups is 1. The van der Waals surface area contributed by atoms with Crippen LogP contribution in [0.25, 0.3) is 0 Å². The minimum Gasteiger partial charge on any atom is -0.494 e. The Morgan fingerprint density at radius 3 is 2.50 bits per heavy atom. The Morgan fingerprint density at radius 1 is 1.17 bits per heavy atom. The van der Waals surface area contributed by atoms with Crippen molar-refractivity contribution < 1.29 is 9.53 Å². The fourth-order valence-corrected chi connectivity index (χ4v) is 3.16. The van der Waals surface area contributed by atoms with E-state index >= 15 is 0 Å². The number of benzene rings is 2. The van der Waals surface area contributed by atoms with E-state index in [1.807, 2.05) is 50.2 Å². The number of para-hydroxylation sites is 1. The van der Waals surface area contributed by atoms with Gasteiger partial charge in [-0.05, 0) is 55.2 Å². The van der Waals surface area contributed by atoms with Crippen molar-refractivity contribution >= 4 is 23.4 Å². The van der Waals surface area contributed by atoms with Gasteiger partial charge in [-0.15, -0.1) is 11.8 Å². The maximum atomic E-state index is 12.3. The van der Waals surface area contributed by atoms with Crippen LogP contribution in [0.2, 0.25) is 0 Å². The van der Waals surface area contributed by atoms with Gasteiger partial charge in [-0.25, -0.2) is 0 Å². The Kier molecular flexibility index (Phi) is 6.73. The molecule has 2 aromatic carbocycles. The fourth-order valence-electron chi connectivity index (χ4n) is 2.47. The van der Waals surface area contributed by atoms with Gasteiger partial charge in [0, 0.05) is 10.6 Å². The maximum Gasteiger partial charge on any atom is 0.234 e. The molecule has 0 saturated carbocycles. The Bertz CT molecular complexity index is 681. The molecule has 0 spiro atoms. The van der Waals surface area contributed by atoms with Gasteiger partial charge in [0.1, 0.15) is 5.75 Å². The summed E-state index contributed by atoms with van der Waals surface area (Å²) in [5.41, 5.74) is 3.22. The summed E-state index contributed by atoms with van der Waals surface area (Å²) in [6.07, 6.45) is 0. The lowest BCUT2D eigenvalue weighted by molar-refractivity contribution is -0.113. The highest BCUT2D eigenvalue weighted by Crippen LogP contribution is 2.28. The standard InChI is InChI=1S/C20H25NO2S/c1-5-23-16-9-11-17(12-10-16)24-13-19(22)21-20-15(4)7-6-8-18(20)14(2)3/h6-12,14H,5,13H2,1-4H3,(H,21,22). The molecule has 4 heteroatoms. The quantitative estimate of drug-likeness (QED) is 0.698. The molecule has 2 rings (SSSR count). The summed E-state index contributed by atoms with van der Waals surface area (Å²) >= 11 is 1.53. The highest BCUT2D eigenvalue weighted by atomic mass is 32.2.